The molecule has 1 aromatic carbocycles. The van der Waals surface area contributed by atoms with Crippen LogP contribution in [0.1, 0.15) is 35.3 Å². The number of benzene rings is 1. The third kappa shape index (κ3) is 4.39. The number of hydrogen-bond acceptors (Lipinski definition) is 3. The topological polar surface area (TPSA) is 40.6 Å². The summed E-state index contributed by atoms with van der Waals surface area (Å²) in [5.41, 5.74) is 3.00. The van der Waals surface area contributed by atoms with E-state index in [2.05, 4.69) is 0 Å². The van der Waals surface area contributed by atoms with E-state index in [1.165, 1.54) is 5.56 Å². The highest BCUT2D eigenvalue weighted by Crippen LogP contribution is 2.14. The molecule has 0 fully saturated rings. The van der Waals surface area contributed by atoms with Crippen molar-refractivity contribution in [1.82, 2.24) is 9.80 Å². The van der Waals surface area contributed by atoms with Gasteiger partial charge in [0.15, 0.2) is 5.78 Å². The fourth-order valence-electron chi connectivity index (χ4n) is 2.14. The lowest BCUT2D eigenvalue weighted by atomic mass is 9.99. The van der Waals surface area contributed by atoms with Crippen LogP contribution < -0.4 is 0 Å². The number of Topliss-reactive ketones (excluding diaryl/α,β-unsaturated/α-hetero) is 1. The second-order valence-corrected chi connectivity index (χ2v) is 5.69. The molecule has 0 heterocycles. The summed E-state index contributed by atoms with van der Waals surface area (Å²) in [6.45, 7) is 8.79. The summed E-state index contributed by atoms with van der Waals surface area (Å²) in [5.74, 6) is 0.0723. The number of carbonyl (C=O) groups excluding carboxylic acids is 2. The maximum atomic E-state index is 12.6. The summed E-state index contributed by atoms with van der Waals surface area (Å²) < 4.78 is 0. The first kappa shape index (κ1) is 17.4. The predicted octanol–water partition coefficient (Wildman–Crippen LogP) is 2.28. The Hall–Kier alpha value is -1.68. The number of aryl methyl sites for hydroxylation is 2. The number of likely N-dealkylation sites (N-methyl/N-ethyl adjacent to an activating group) is 2. The highest BCUT2D eigenvalue weighted by molar-refractivity contribution is 6.00. The SMILES string of the molecule is CCN(CC(=O)N(C)C)C(C)C(=O)c1ccc(C)c(C)c1. The molecular weight excluding hydrogens is 264 g/mol. The summed E-state index contributed by atoms with van der Waals surface area (Å²) in [5, 5.41) is 0. The van der Waals surface area contributed by atoms with E-state index in [0.717, 1.165) is 5.56 Å². The average Bonchev–Trinajstić information content (AvgIpc) is 2.45. The molecule has 0 aliphatic carbocycles. The van der Waals surface area contributed by atoms with E-state index >= 15 is 0 Å². The Bertz CT molecular complexity index is 524. The number of hydrogen-bond donors (Lipinski definition) is 0. The fraction of sp³-hybridized carbons (Fsp3) is 0.529. The van der Waals surface area contributed by atoms with Gasteiger partial charge in [0.2, 0.25) is 5.91 Å². The highest BCUT2D eigenvalue weighted by atomic mass is 16.2. The van der Waals surface area contributed by atoms with Crippen molar-refractivity contribution in [3.8, 4) is 0 Å². The zero-order chi connectivity index (χ0) is 16.2. The Labute approximate surface area is 127 Å². The van der Waals surface area contributed by atoms with Crippen LogP contribution in [0.15, 0.2) is 18.2 Å². The smallest absolute Gasteiger partial charge is 0.236 e. The van der Waals surface area contributed by atoms with Crippen LogP contribution in [-0.2, 0) is 4.79 Å². The Balaban J connectivity index is 2.88. The van der Waals surface area contributed by atoms with Crippen LogP contribution in [0.5, 0.6) is 0 Å². The second kappa shape index (κ2) is 7.36. The summed E-state index contributed by atoms with van der Waals surface area (Å²) in [6, 6.07) is 5.45. The minimum absolute atomic E-state index is 0.0107. The molecule has 4 heteroatoms. The molecule has 0 spiro atoms. The van der Waals surface area contributed by atoms with Crippen molar-refractivity contribution in [2.45, 2.75) is 33.7 Å². The summed E-state index contributed by atoms with van der Waals surface area (Å²) in [6.07, 6.45) is 0. The van der Waals surface area contributed by atoms with Gasteiger partial charge in [0, 0.05) is 19.7 Å². The molecule has 1 unspecified atom stereocenters. The molecule has 4 nitrogen and oxygen atoms in total. The van der Waals surface area contributed by atoms with Gasteiger partial charge in [-0.15, -0.1) is 0 Å². The average molecular weight is 290 g/mol. The molecule has 21 heavy (non-hydrogen) atoms. The van der Waals surface area contributed by atoms with Gasteiger partial charge < -0.3 is 4.90 Å². The van der Waals surface area contributed by atoms with E-state index in [1.807, 2.05) is 50.8 Å². The molecule has 1 atom stereocenters. The highest BCUT2D eigenvalue weighted by Gasteiger charge is 2.23. The van der Waals surface area contributed by atoms with Gasteiger partial charge >= 0.3 is 0 Å². The first-order valence-corrected chi connectivity index (χ1v) is 7.33. The molecule has 116 valence electrons. The quantitative estimate of drug-likeness (QED) is 0.755. The molecule has 0 aliphatic heterocycles. The van der Waals surface area contributed by atoms with Crippen LogP contribution in [0.25, 0.3) is 0 Å². The second-order valence-electron chi connectivity index (χ2n) is 5.69. The van der Waals surface area contributed by atoms with Crippen LogP contribution in [0, 0.1) is 13.8 Å². The van der Waals surface area contributed by atoms with Gasteiger partial charge in [-0.25, -0.2) is 0 Å². The number of ketones is 1. The van der Waals surface area contributed by atoms with E-state index in [0.29, 0.717) is 12.1 Å². The van der Waals surface area contributed by atoms with Crippen molar-refractivity contribution in [3.05, 3.63) is 34.9 Å². The van der Waals surface area contributed by atoms with Gasteiger partial charge in [0.25, 0.3) is 0 Å². The van der Waals surface area contributed by atoms with Crippen molar-refractivity contribution in [2.75, 3.05) is 27.2 Å². The number of amides is 1. The van der Waals surface area contributed by atoms with Gasteiger partial charge in [-0.3, -0.25) is 14.5 Å². The largest absolute Gasteiger partial charge is 0.348 e. The Kier molecular flexibility index (Phi) is 6.09. The molecule has 1 aromatic rings. The maximum absolute atomic E-state index is 12.6. The lowest BCUT2D eigenvalue weighted by molar-refractivity contribution is -0.130. The first-order valence-electron chi connectivity index (χ1n) is 7.33. The number of nitrogens with zero attached hydrogens (tertiary/aromatic N) is 2. The van der Waals surface area contributed by atoms with Gasteiger partial charge in [0.05, 0.1) is 12.6 Å². The zero-order valence-electron chi connectivity index (χ0n) is 13.9. The van der Waals surface area contributed by atoms with E-state index < -0.39 is 0 Å². The van der Waals surface area contributed by atoms with Crippen molar-refractivity contribution >= 4 is 11.7 Å². The lowest BCUT2D eigenvalue weighted by Crippen LogP contribution is -2.44. The van der Waals surface area contributed by atoms with Crippen LogP contribution in [0.2, 0.25) is 0 Å². The third-order valence-electron chi connectivity index (χ3n) is 3.96. The molecule has 1 amide bonds. The Morgan fingerprint density at radius 1 is 1.14 bits per heavy atom. The molecule has 0 radical (unpaired) electrons. The first-order chi connectivity index (χ1) is 9.77. The van der Waals surface area contributed by atoms with Crippen molar-refractivity contribution in [2.24, 2.45) is 0 Å². The van der Waals surface area contributed by atoms with Gasteiger partial charge in [-0.05, 0) is 44.5 Å². The minimum Gasteiger partial charge on any atom is -0.348 e. The van der Waals surface area contributed by atoms with E-state index in [1.54, 1.807) is 19.0 Å². The predicted molar refractivity (Wildman–Crippen MR) is 85.6 cm³/mol. The van der Waals surface area contributed by atoms with Crippen LogP contribution >= 0.6 is 0 Å². The molecular formula is C17H26N2O2. The van der Waals surface area contributed by atoms with Gasteiger partial charge in [0.1, 0.15) is 0 Å². The fourth-order valence-corrected chi connectivity index (χ4v) is 2.14. The summed E-state index contributed by atoms with van der Waals surface area (Å²) >= 11 is 0. The third-order valence-corrected chi connectivity index (χ3v) is 3.96. The molecule has 0 saturated heterocycles. The monoisotopic (exact) mass is 290 g/mol. The van der Waals surface area contributed by atoms with E-state index in [9.17, 15) is 9.59 Å². The molecule has 0 saturated carbocycles. The Morgan fingerprint density at radius 3 is 2.24 bits per heavy atom. The van der Waals surface area contributed by atoms with E-state index in [-0.39, 0.29) is 24.3 Å². The summed E-state index contributed by atoms with van der Waals surface area (Å²) in [7, 11) is 3.46. The van der Waals surface area contributed by atoms with Gasteiger partial charge in [-0.1, -0.05) is 19.1 Å². The molecule has 0 N–H and O–H groups in total. The normalized spacial score (nSPS) is 12.3. The number of carbonyl (C=O) groups is 2. The minimum atomic E-state index is -0.305. The van der Waals surface area contributed by atoms with Crippen molar-refractivity contribution < 1.29 is 9.59 Å². The lowest BCUT2D eigenvalue weighted by Gasteiger charge is -2.27. The maximum Gasteiger partial charge on any atom is 0.236 e. The van der Waals surface area contributed by atoms with Gasteiger partial charge in [-0.2, -0.15) is 0 Å². The van der Waals surface area contributed by atoms with E-state index in [4.69, 9.17) is 0 Å². The zero-order valence-corrected chi connectivity index (χ0v) is 13.9. The van der Waals surface area contributed by atoms with Crippen molar-refractivity contribution in [3.63, 3.8) is 0 Å². The molecule has 1 rings (SSSR count). The molecule has 0 aromatic heterocycles. The van der Waals surface area contributed by atoms with Crippen molar-refractivity contribution in [1.29, 1.82) is 0 Å². The molecule has 0 bridgehead atoms. The van der Waals surface area contributed by atoms with Crippen LogP contribution in [0.4, 0.5) is 0 Å². The van der Waals surface area contributed by atoms with Crippen LogP contribution in [-0.4, -0.2) is 54.7 Å². The number of rotatable bonds is 6. The standard InChI is InChI=1S/C17H26N2O2/c1-7-19(11-16(20)18(5)6)14(4)17(21)15-9-8-12(2)13(3)10-15/h8-10,14H,7,11H2,1-6H3. The molecule has 0 aliphatic rings. The van der Waals surface area contributed by atoms with Crippen LogP contribution in [0.3, 0.4) is 0 Å². The Morgan fingerprint density at radius 2 is 1.76 bits per heavy atom. The summed E-state index contributed by atoms with van der Waals surface area (Å²) in [4.78, 5) is 27.9.